The number of phenols is 1. The predicted molar refractivity (Wildman–Crippen MR) is 72.8 cm³/mol. The molecule has 0 aromatic heterocycles. The highest BCUT2D eigenvalue weighted by Crippen LogP contribution is 2.26. The van der Waals surface area contributed by atoms with Crippen molar-refractivity contribution in [3.8, 4) is 5.75 Å². The molecular formula is C15H15NO3. The van der Waals surface area contributed by atoms with Gasteiger partial charge in [0.25, 0.3) is 0 Å². The van der Waals surface area contributed by atoms with Gasteiger partial charge in [0, 0.05) is 24.6 Å². The molecule has 0 atom stereocenters. The maximum atomic E-state index is 11.1. The zero-order chi connectivity index (χ0) is 13.8. The molecule has 1 aromatic carbocycles. The topological polar surface area (TPSA) is 72.5 Å². The molecular weight excluding hydrogens is 242 g/mol. The molecule has 0 fully saturated rings. The SMILES string of the molecule is CC(=O)OC1=CC=C(N)CC1=Cc1ccc(O)cc1. The Morgan fingerprint density at radius 2 is 2.00 bits per heavy atom. The van der Waals surface area contributed by atoms with Crippen molar-refractivity contribution in [2.24, 2.45) is 5.73 Å². The summed E-state index contributed by atoms with van der Waals surface area (Å²) in [4.78, 5) is 11.1. The lowest BCUT2D eigenvalue weighted by Crippen LogP contribution is -2.09. The Bertz CT molecular complexity index is 580. The fourth-order valence-corrected chi connectivity index (χ4v) is 1.80. The van der Waals surface area contributed by atoms with E-state index in [1.54, 1.807) is 36.4 Å². The van der Waals surface area contributed by atoms with Gasteiger partial charge in [-0.2, -0.15) is 0 Å². The van der Waals surface area contributed by atoms with Gasteiger partial charge in [-0.1, -0.05) is 12.1 Å². The van der Waals surface area contributed by atoms with Crippen LogP contribution in [-0.4, -0.2) is 11.1 Å². The third-order valence-corrected chi connectivity index (χ3v) is 2.65. The lowest BCUT2D eigenvalue weighted by Gasteiger charge is -2.15. The Kier molecular flexibility index (Phi) is 3.71. The predicted octanol–water partition coefficient (Wildman–Crippen LogP) is 2.47. The summed E-state index contributed by atoms with van der Waals surface area (Å²) in [5, 5.41) is 9.24. The molecule has 0 amide bonds. The van der Waals surface area contributed by atoms with Crippen LogP contribution in [0.1, 0.15) is 18.9 Å². The highest BCUT2D eigenvalue weighted by atomic mass is 16.5. The second-order valence-corrected chi connectivity index (χ2v) is 4.30. The zero-order valence-corrected chi connectivity index (χ0v) is 10.6. The minimum Gasteiger partial charge on any atom is -0.508 e. The molecule has 3 N–H and O–H groups in total. The summed E-state index contributed by atoms with van der Waals surface area (Å²) in [5.41, 5.74) is 8.24. The van der Waals surface area contributed by atoms with E-state index < -0.39 is 0 Å². The van der Waals surface area contributed by atoms with Gasteiger partial charge in [-0.05, 0) is 35.9 Å². The standard InChI is InChI=1S/C15H15NO3/c1-10(17)19-15-7-4-13(16)9-12(15)8-11-2-5-14(18)6-3-11/h2-8,18H,9,16H2,1H3. The molecule has 0 heterocycles. The molecule has 0 radical (unpaired) electrons. The first-order chi connectivity index (χ1) is 9.04. The fourth-order valence-electron chi connectivity index (χ4n) is 1.80. The number of carbonyl (C=O) groups is 1. The van der Waals surface area contributed by atoms with Gasteiger partial charge in [-0.3, -0.25) is 4.79 Å². The van der Waals surface area contributed by atoms with Gasteiger partial charge in [0.2, 0.25) is 0 Å². The van der Waals surface area contributed by atoms with Crippen molar-refractivity contribution >= 4 is 12.0 Å². The summed E-state index contributed by atoms with van der Waals surface area (Å²) in [7, 11) is 0. The molecule has 0 spiro atoms. The first-order valence-corrected chi connectivity index (χ1v) is 5.89. The second kappa shape index (κ2) is 5.44. The van der Waals surface area contributed by atoms with Crippen molar-refractivity contribution in [3.63, 3.8) is 0 Å². The normalized spacial score (nSPS) is 16.8. The van der Waals surface area contributed by atoms with Crippen molar-refractivity contribution in [1.29, 1.82) is 0 Å². The van der Waals surface area contributed by atoms with Gasteiger partial charge in [0.1, 0.15) is 11.5 Å². The molecule has 0 aliphatic heterocycles. The van der Waals surface area contributed by atoms with Gasteiger partial charge in [0.05, 0.1) is 0 Å². The first kappa shape index (κ1) is 13.0. The van der Waals surface area contributed by atoms with Gasteiger partial charge < -0.3 is 15.6 Å². The number of allylic oxidation sites excluding steroid dienone is 4. The number of rotatable bonds is 2. The number of ether oxygens (including phenoxy) is 1. The van der Waals surface area contributed by atoms with E-state index in [2.05, 4.69) is 0 Å². The number of nitrogens with two attached hydrogens (primary N) is 1. The van der Waals surface area contributed by atoms with Gasteiger partial charge in [-0.25, -0.2) is 0 Å². The van der Waals surface area contributed by atoms with Crippen LogP contribution in [0.3, 0.4) is 0 Å². The van der Waals surface area contributed by atoms with E-state index >= 15 is 0 Å². The third kappa shape index (κ3) is 3.48. The molecule has 4 heteroatoms. The van der Waals surface area contributed by atoms with E-state index in [0.717, 1.165) is 11.1 Å². The molecule has 0 saturated heterocycles. The number of aromatic hydroxyl groups is 1. The molecule has 98 valence electrons. The summed E-state index contributed by atoms with van der Waals surface area (Å²) in [6.07, 6.45) is 5.83. The molecule has 0 saturated carbocycles. The van der Waals surface area contributed by atoms with Crippen molar-refractivity contribution in [3.05, 3.63) is 59.0 Å². The Hall–Kier alpha value is -2.49. The molecule has 1 aliphatic rings. The van der Waals surface area contributed by atoms with E-state index in [0.29, 0.717) is 17.9 Å². The summed E-state index contributed by atoms with van der Waals surface area (Å²) in [5.74, 6) is 0.354. The molecule has 2 rings (SSSR count). The molecule has 1 aliphatic carbocycles. The average molecular weight is 257 g/mol. The van der Waals surface area contributed by atoms with E-state index in [-0.39, 0.29) is 11.7 Å². The van der Waals surface area contributed by atoms with Gasteiger partial charge in [0.15, 0.2) is 0 Å². The summed E-state index contributed by atoms with van der Waals surface area (Å²) < 4.78 is 5.15. The minimum absolute atomic E-state index is 0.209. The van der Waals surface area contributed by atoms with Crippen molar-refractivity contribution < 1.29 is 14.6 Å². The van der Waals surface area contributed by atoms with Gasteiger partial charge in [-0.15, -0.1) is 0 Å². The summed E-state index contributed by atoms with van der Waals surface area (Å²) in [6.45, 7) is 1.36. The fraction of sp³-hybridized carbons (Fsp3) is 0.133. The van der Waals surface area contributed by atoms with E-state index in [1.807, 2.05) is 6.08 Å². The molecule has 0 unspecified atom stereocenters. The Labute approximate surface area is 111 Å². The quantitative estimate of drug-likeness (QED) is 0.798. The third-order valence-electron chi connectivity index (χ3n) is 2.65. The van der Waals surface area contributed by atoms with Crippen molar-refractivity contribution in [1.82, 2.24) is 0 Å². The van der Waals surface area contributed by atoms with E-state index in [9.17, 15) is 9.90 Å². The van der Waals surface area contributed by atoms with Crippen LogP contribution in [0.4, 0.5) is 0 Å². The van der Waals surface area contributed by atoms with Crippen LogP contribution in [0, 0.1) is 0 Å². The molecule has 1 aromatic rings. The number of esters is 1. The van der Waals surface area contributed by atoms with Crippen molar-refractivity contribution in [2.45, 2.75) is 13.3 Å². The zero-order valence-electron chi connectivity index (χ0n) is 10.6. The van der Waals surface area contributed by atoms with Crippen LogP contribution in [0.15, 0.2) is 53.4 Å². The molecule has 0 bridgehead atoms. The van der Waals surface area contributed by atoms with Crippen LogP contribution in [0.25, 0.3) is 6.08 Å². The maximum absolute atomic E-state index is 11.1. The Balaban J connectivity index is 2.30. The van der Waals surface area contributed by atoms with Crippen LogP contribution >= 0.6 is 0 Å². The number of carbonyl (C=O) groups excluding carboxylic acids is 1. The highest BCUT2D eigenvalue weighted by molar-refractivity contribution is 5.70. The van der Waals surface area contributed by atoms with Crippen LogP contribution in [-0.2, 0) is 9.53 Å². The lowest BCUT2D eigenvalue weighted by molar-refractivity contribution is -0.136. The highest BCUT2D eigenvalue weighted by Gasteiger charge is 2.13. The summed E-state index contributed by atoms with van der Waals surface area (Å²) >= 11 is 0. The first-order valence-electron chi connectivity index (χ1n) is 5.89. The maximum Gasteiger partial charge on any atom is 0.308 e. The molecule has 19 heavy (non-hydrogen) atoms. The monoisotopic (exact) mass is 257 g/mol. The molecule has 4 nitrogen and oxygen atoms in total. The second-order valence-electron chi connectivity index (χ2n) is 4.30. The number of hydrogen-bond donors (Lipinski definition) is 2. The van der Waals surface area contributed by atoms with Crippen LogP contribution in [0.2, 0.25) is 0 Å². The Morgan fingerprint density at radius 1 is 1.32 bits per heavy atom. The smallest absolute Gasteiger partial charge is 0.308 e. The number of hydrogen-bond acceptors (Lipinski definition) is 4. The van der Waals surface area contributed by atoms with E-state index in [1.165, 1.54) is 6.92 Å². The minimum atomic E-state index is -0.364. The van der Waals surface area contributed by atoms with Crippen LogP contribution in [0.5, 0.6) is 5.75 Å². The summed E-state index contributed by atoms with van der Waals surface area (Å²) in [6, 6.07) is 6.76. The number of benzene rings is 1. The van der Waals surface area contributed by atoms with Gasteiger partial charge >= 0.3 is 5.97 Å². The lowest BCUT2D eigenvalue weighted by atomic mass is 10.00. The largest absolute Gasteiger partial charge is 0.508 e. The Morgan fingerprint density at radius 3 is 2.63 bits per heavy atom. The van der Waals surface area contributed by atoms with Crippen molar-refractivity contribution in [2.75, 3.05) is 0 Å². The van der Waals surface area contributed by atoms with E-state index in [4.69, 9.17) is 10.5 Å². The van der Waals surface area contributed by atoms with Crippen LogP contribution < -0.4 is 5.73 Å². The number of phenolic OH excluding ortho intramolecular Hbond substituents is 1. The average Bonchev–Trinajstić information content (AvgIpc) is 2.35.